The highest BCUT2D eigenvalue weighted by atomic mass is 15.2. The van der Waals surface area contributed by atoms with E-state index in [-0.39, 0.29) is 0 Å². The number of hydrogen-bond acceptors (Lipinski definition) is 3. The number of nitrogens with one attached hydrogen (secondary N) is 1. The molecule has 1 N–H and O–H groups in total. The molecule has 4 heteroatoms. The quantitative estimate of drug-likeness (QED) is 0.895. The molecule has 0 spiro atoms. The van der Waals surface area contributed by atoms with Gasteiger partial charge < -0.3 is 10.2 Å². The van der Waals surface area contributed by atoms with Crippen molar-refractivity contribution in [3.8, 4) is 0 Å². The molecule has 0 amide bonds. The number of likely N-dealkylation sites (tertiary alicyclic amines) is 1. The molecule has 0 aromatic carbocycles. The molecule has 3 rings (SSSR count). The molecule has 3 heterocycles. The Bertz CT molecular complexity index is 499. The zero-order valence-corrected chi connectivity index (χ0v) is 10.7. The van der Waals surface area contributed by atoms with Crippen LogP contribution in [0.2, 0.25) is 0 Å². The van der Waals surface area contributed by atoms with Gasteiger partial charge in [0.25, 0.3) is 0 Å². The third-order valence-corrected chi connectivity index (χ3v) is 3.61. The third-order valence-electron chi connectivity index (χ3n) is 3.61. The first-order valence-electron chi connectivity index (χ1n) is 6.82. The summed E-state index contributed by atoms with van der Waals surface area (Å²) < 4.78 is 2.09. The van der Waals surface area contributed by atoms with Crippen LogP contribution in [-0.2, 0) is 0 Å². The van der Waals surface area contributed by atoms with Crippen molar-refractivity contribution in [3.63, 3.8) is 0 Å². The van der Waals surface area contributed by atoms with Gasteiger partial charge in [-0.15, -0.1) is 0 Å². The van der Waals surface area contributed by atoms with Crippen LogP contribution < -0.4 is 5.32 Å². The van der Waals surface area contributed by atoms with E-state index < -0.39 is 0 Å². The smallest absolute Gasteiger partial charge is 0.138 e. The summed E-state index contributed by atoms with van der Waals surface area (Å²) in [5, 5.41) is 3.50. The van der Waals surface area contributed by atoms with Gasteiger partial charge in [-0.25, -0.2) is 4.98 Å². The molecule has 1 aliphatic rings. The van der Waals surface area contributed by atoms with Gasteiger partial charge in [-0.3, -0.25) is 4.40 Å². The fraction of sp³-hybridized carbons (Fsp3) is 0.500. The van der Waals surface area contributed by atoms with Crippen LogP contribution in [0.5, 0.6) is 0 Å². The normalized spacial score (nSPS) is 17.1. The molecule has 0 atom stereocenters. The second-order valence-corrected chi connectivity index (χ2v) is 4.90. The minimum absolute atomic E-state index is 0.997. The maximum absolute atomic E-state index is 4.29. The van der Waals surface area contributed by atoms with E-state index in [4.69, 9.17) is 0 Å². The maximum Gasteiger partial charge on any atom is 0.138 e. The van der Waals surface area contributed by atoms with Gasteiger partial charge in [0, 0.05) is 25.5 Å². The van der Waals surface area contributed by atoms with E-state index in [1.807, 2.05) is 24.5 Å². The summed E-state index contributed by atoms with van der Waals surface area (Å²) in [6.07, 6.45) is 7.95. The number of piperidine rings is 1. The Kier molecular flexibility index (Phi) is 3.46. The Labute approximate surface area is 108 Å². The summed E-state index contributed by atoms with van der Waals surface area (Å²) in [5.74, 6) is 1.13. The van der Waals surface area contributed by atoms with E-state index in [9.17, 15) is 0 Å². The summed E-state index contributed by atoms with van der Waals surface area (Å²) in [7, 11) is 0. The van der Waals surface area contributed by atoms with Gasteiger partial charge >= 0.3 is 0 Å². The highest BCUT2D eigenvalue weighted by molar-refractivity contribution is 5.49. The van der Waals surface area contributed by atoms with Gasteiger partial charge in [0.15, 0.2) is 0 Å². The third kappa shape index (κ3) is 2.48. The van der Waals surface area contributed by atoms with E-state index >= 15 is 0 Å². The fourth-order valence-corrected chi connectivity index (χ4v) is 2.62. The van der Waals surface area contributed by atoms with Crippen LogP contribution in [0.1, 0.15) is 19.3 Å². The van der Waals surface area contributed by atoms with E-state index in [1.54, 1.807) is 0 Å². The highest BCUT2D eigenvalue weighted by Crippen LogP contribution is 2.11. The zero-order valence-electron chi connectivity index (χ0n) is 10.7. The predicted molar refractivity (Wildman–Crippen MR) is 74.0 cm³/mol. The van der Waals surface area contributed by atoms with Crippen molar-refractivity contribution in [1.82, 2.24) is 14.3 Å². The minimum atomic E-state index is 0.997. The van der Waals surface area contributed by atoms with Gasteiger partial charge in [-0.05, 0) is 38.1 Å². The summed E-state index contributed by atoms with van der Waals surface area (Å²) in [5.41, 5.74) is 0.998. The lowest BCUT2D eigenvalue weighted by Crippen LogP contribution is -2.33. The standard InChI is InChI=1S/C14H20N4/c1-2-9-17(10-3-1)11-7-15-13-5-4-6-14-16-8-12-18(13)14/h4-6,8,12,15H,1-3,7,9-11H2. The highest BCUT2D eigenvalue weighted by Gasteiger charge is 2.09. The summed E-state index contributed by atoms with van der Waals surface area (Å²) in [6, 6.07) is 6.17. The van der Waals surface area contributed by atoms with E-state index in [0.29, 0.717) is 0 Å². The molecule has 2 aromatic heterocycles. The predicted octanol–water partition coefficient (Wildman–Crippen LogP) is 2.23. The average molecular weight is 244 g/mol. The second kappa shape index (κ2) is 5.40. The lowest BCUT2D eigenvalue weighted by Gasteiger charge is -2.26. The molecule has 1 fully saturated rings. The largest absolute Gasteiger partial charge is 0.370 e. The van der Waals surface area contributed by atoms with Crippen LogP contribution in [-0.4, -0.2) is 40.5 Å². The van der Waals surface area contributed by atoms with E-state index in [1.165, 1.54) is 32.4 Å². The van der Waals surface area contributed by atoms with Crippen molar-refractivity contribution in [3.05, 3.63) is 30.6 Å². The van der Waals surface area contributed by atoms with Crippen LogP contribution in [0.3, 0.4) is 0 Å². The number of fused-ring (bicyclic) bond motifs is 1. The number of nitrogens with zero attached hydrogens (tertiary/aromatic N) is 3. The van der Waals surface area contributed by atoms with Gasteiger partial charge in [-0.2, -0.15) is 0 Å². The molecule has 0 radical (unpaired) electrons. The lowest BCUT2D eigenvalue weighted by molar-refractivity contribution is 0.237. The Hall–Kier alpha value is -1.55. The molecule has 2 aromatic rings. The van der Waals surface area contributed by atoms with Gasteiger partial charge in [-0.1, -0.05) is 12.5 Å². The molecule has 18 heavy (non-hydrogen) atoms. The molecule has 0 unspecified atom stereocenters. The molecule has 1 saturated heterocycles. The average Bonchev–Trinajstić information content (AvgIpc) is 2.89. The van der Waals surface area contributed by atoms with Crippen molar-refractivity contribution in [2.24, 2.45) is 0 Å². The van der Waals surface area contributed by atoms with Crippen molar-refractivity contribution < 1.29 is 0 Å². The number of hydrogen-bond donors (Lipinski definition) is 1. The molecular weight excluding hydrogens is 224 g/mol. The lowest BCUT2D eigenvalue weighted by atomic mass is 10.1. The SMILES string of the molecule is c1cc(NCCN2CCCCC2)n2ccnc2c1. The van der Waals surface area contributed by atoms with Crippen LogP contribution in [0, 0.1) is 0 Å². The van der Waals surface area contributed by atoms with E-state index in [0.717, 1.165) is 24.6 Å². The van der Waals surface area contributed by atoms with Crippen LogP contribution in [0.25, 0.3) is 5.65 Å². The molecule has 4 nitrogen and oxygen atoms in total. The molecular formula is C14H20N4. The first-order chi connectivity index (χ1) is 8.93. The van der Waals surface area contributed by atoms with Crippen LogP contribution >= 0.6 is 0 Å². The number of pyridine rings is 1. The van der Waals surface area contributed by atoms with Gasteiger partial charge in [0.1, 0.15) is 11.5 Å². The minimum Gasteiger partial charge on any atom is -0.370 e. The Morgan fingerprint density at radius 3 is 2.94 bits per heavy atom. The summed E-state index contributed by atoms with van der Waals surface area (Å²) in [6.45, 7) is 4.65. The Balaban J connectivity index is 1.57. The first kappa shape index (κ1) is 11.5. The monoisotopic (exact) mass is 244 g/mol. The van der Waals surface area contributed by atoms with Crippen molar-refractivity contribution in [1.29, 1.82) is 0 Å². The molecule has 1 aliphatic heterocycles. The number of rotatable bonds is 4. The van der Waals surface area contributed by atoms with Crippen molar-refractivity contribution >= 4 is 11.5 Å². The maximum atomic E-state index is 4.29. The van der Waals surface area contributed by atoms with E-state index in [2.05, 4.69) is 25.7 Å². The first-order valence-corrected chi connectivity index (χ1v) is 6.82. The van der Waals surface area contributed by atoms with Crippen molar-refractivity contribution in [2.45, 2.75) is 19.3 Å². The van der Waals surface area contributed by atoms with Gasteiger partial charge in [0.05, 0.1) is 0 Å². The number of imidazole rings is 1. The molecule has 0 bridgehead atoms. The molecule has 96 valence electrons. The van der Waals surface area contributed by atoms with Crippen molar-refractivity contribution in [2.75, 3.05) is 31.5 Å². The van der Waals surface area contributed by atoms with Gasteiger partial charge in [0.2, 0.25) is 0 Å². The number of aromatic nitrogens is 2. The fourth-order valence-electron chi connectivity index (χ4n) is 2.62. The second-order valence-electron chi connectivity index (χ2n) is 4.90. The Morgan fingerprint density at radius 1 is 1.17 bits per heavy atom. The van der Waals surface area contributed by atoms with Crippen LogP contribution in [0.15, 0.2) is 30.6 Å². The zero-order chi connectivity index (χ0) is 12.2. The summed E-state index contributed by atoms with van der Waals surface area (Å²) in [4.78, 5) is 6.84. The van der Waals surface area contributed by atoms with Crippen LogP contribution in [0.4, 0.5) is 5.82 Å². The summed E-state index contributed by atoms with van der Waals surface area (Å²) >= 11 is 0. The molecule has 0 aliphatic carbocycles. The topological polar surface area (TPSA) is 32.6 Å². The Morgan fingerprint density at radius 2 is 2.06 bits per heavy atom. The molecule has 0 saturated carbocycles. The number of anilines is 1.